The van der Waals surface area contributed by atoms with Crippen molar-refractivity contribution in [3.63, 3.8) is 0 Å². The van der Waals surface area contributed by atoms with Crippen LogP contribution in [-0.4, -0.2) is 49.3 Å². The van der Waals surface area contributed by atoms with Crippen molar-refractivity contribution in [2.45, 2.75) is 64.6 Å². The smallest absolute Gasteiger partial charge is 0.248 e. The summed E-state index contributed by atoms with van der Waals surface area (Å²) in [6.07, 6.45) is 4.44. The number of halogens is 1. The van der Waals surface area contributed by atoms with Gasteiger partial charge in [-0.15, -0.1) is 0 Å². The summed E-state index contributed by atoms with van der Waals surface area (Å²) in [5.41, 5.74) is 3.35. The van der Waals surface area contributed by atoms with E-state index in [4.69, 9.17) is 0 Å². The zero-order valence-corrected chi connectivity index (χ0v) is 21.3. The number of para-hydroxylation sites is 1. The van der Waals surface area contributed by atoms with Crippen LogP contribution >= 0.6 is 15.9 Å². The lowest BCUT2D eigenvalue weighted by Gasteiger charge is -2.27. The number of piperidine rings is 1. The Kier molecular flexibility index (Phi) is 5.11. The van der Waals surface area contributed by atoms with Gasteiger partial charge in [0.25, 0.3) is 0 Å². The summed E-state index contributed by atoms with van der Waals surface area (Å²) in [4.78, 5) is 45.5. The first kappa shape index (κ1) is 22.4. The minimum atomic E-state index is -0.557. The highest BCUT2D eigenvalue weighted by Crippen LogP contribution is 2.59. The molecule has 3 aliphatic rings. The lowest BCUT2D eigenvalue weighted by Crippen LogP contribution is -2.47. The molecule has 2 aromatic heterocycles. The number of rotatable bonds is 5. The van der Waals surface area contributed by atoms with Gasteiger partial charge in [0.05, 0.1) is 5.52 Å². The number of aryl methyl sites for hydroxylation is 1. The number of benzene rings is 1. The maximum Gasteiger partial charge on any atom is 0.248 e. The van der Waals surface area contributed by atoms with Gasteiger partial charge in [-0.2, -0.15) is 5.10 Å². The summed E-state index contributed by atoms with van der Waals surface area (Å²) >= 11 is 3.46. The third kappa shape index (κ3) is 3.67. The lowest BCUT2D eigenvalue weighted by atomic mass is 10.0. The summed E-state index contributed by atoms with van der Waals surface area (Å²) in [5.74, 6) is 0.0993. The lowest BCUT2D eigenvalue weighted by molar-refractivity contribution is -0.138. The Labute approximate surface area is 211 Å². The van der Waals surface area contributed by atoms with Crippen molar-refractivity contribution in [2.75, 3.05) is 5.32 Å². The van der Waals surface area contributed by atoms with E-state index in [0.717, 1.165) is 42.1 Å². The fourth-order valence-electron chi connectivity index (χ4n) is 5.93. The van der Waals surface area contributed by atoms with Gasteiger partial charge in [0.15, 0.2) is 5.78 Å². The number of amides is 2. The van der Waals surface area contributed by atoms with E-state index in [1.54, 1.807) is 9.58 Å². The predicted octanol–water partition coefficient (Wildman–Crippen LogP) is 3.90. The van der Waals surface area contributed by atoms with Crippen LogP contribution in [0.2, 0.25) is 0 Å². The number of nitrogens with zero attached hydrogens (tertiary/aromatic N) is 4. The van der Waals surface area contributed by atoms with Gasteiger partial charge in [-0.25, -0.2) is 4.98 Å². The average molecular weight is 536 g/mol. The van der Waals surface area contributed by atoms with E-state index in [-0.39, 0.29) is 35.6 Å². The van der Waals surface area contributed by atoms with Gasteiger partial charge < -0.3 is 10.2 Å². The second kappa shape index (κ2) is 7.98. The monoisotopic (exact) mass is 535 g/mol. The van der Waals surface area contributed by atoms with Crippen LogP contribution in [0.4, 0.5) is 5.82 Å². The summed E-state index contributed by atoms with van der Waals surface area (Å²) in [6.45, 7) is 3.59. The third-order valence-corrected chi connectivity index (χ3v) is 8.21. The van der Waals surface area contributed by atoms with Crippen molar-refractivity contribution in [1.82, 2.24) is 19.7 Å². The van der Waals surface area contributed by atoms with Crippen molar-refractivity contribution in [3.05, 3.63) is 51.8 Å². The normalized spacial score (nSPS) is 24.4. The molecule has 1 unspecified atom stereocenters. The molecule has 180 valence electrons. The highest BCUT2D eigenvalue weighted by Gasteiger charge is 2.64. The zero-order valence-electron chi connectivity index (χ0n) is 19.7. The maximum absolute atomic E-state index is 13.6. The molecule has 2 aliphatic carbocycles. The van der Waals surface area contributed by atoms with Gasteiger partial charge in [-0.05, 0) is 76.7 Å². The number of ketones is 1. The molecule has 35 heavy (non-hydrogen) atoms. The largest absolute Gasteiger partial charge is 0.325 e. The second-order valence-corrected chi connectivity index (χ2v) is 11.1. The standard InChI is InChI=1S/C26H26BrN5O3/c1-14(33)23-17-7-3-4-9-18(17)31(30-23)13-22(34)32-19(11-26(2)12-20(26)32)25(35)29-24-16-8-5-6-15(16)10-21(27)28-24/h3-4,7,9-10,19-20H,5-6,8,11-13H2,1-2H3,(H,28,29,35)/t19?,20-,26+/m1/s1. The van der Waals surface area contributed by atoms with Crippen molar-refractivity contribution < 1.29 is 14.4 Å². The fourth-order valence-corrected chi connectivity index (χ4v) is 6.38. The van der Waals surface area contributed by atoms with E-state index < -0.39 is 6.04 Å². The van der Waals surface area contributed by atoms with Gasteiger partial charge in [0.2, 0.25) is 11.8 Å². The Bertz CT molecular complexity index is 1420. The Hall–Kier alpha value is -3.07. The number of likely N-dealkylation sites (tertiary alicyclic amines) is 1. The van der Waals surface area contributed by atoms with Gasteiger partial charge >= 0.3 is 0 Å². The summed E-state index contributed by atoms with van der Waals surface area (Å²) in [6, 6.07) is 8.92. The van der Waals surface area contributed by atoms with Gasteiger partial charge in [0, 0.05) is 18.4 Å². The molecule has 1 aliphatic heterocycles. The SMILES string of the molecule is CC(=O)c1nn(CC(=O)N2C(C(=O)Nc3nc(Br)cc4c3CCC4)C[C@@]3(C)C[C@@H]23)c2ccccc12. The van der Waals surface area contributed by atoms with Crippen molar-refractivity contribution in [2.24, 2.45) is 5.41 Å². The summed E-state index contributed by atoms with van der Waals surface area (Å²) in [7, 11) is 0. The second-order valence-electron chi connectivity index (χ2n) is 10.2. The molecule has 0 radical (unpaired) electrons. The first-order chi connectivity index (χ1) is 16.7. The van der Waals surface area contributed by atoms with E-state index in [1.807, 2.05) is 30.3 Å². The molecule has 8 nitrogen and oxygen atoms in total. The van der Waals surface area contributed by atoms with Crippen LogP contribution in [0.1, 0.15) is 54.7 Å². The molecule has 2 fully saturated rings. The molecule has 0 bridgehead atoms. The minimum absolute atomic E-state index is 0.0192. The molecule has 6 rings (SSSR count). The van der Waals surface area contributed by atoms with Crippen LogP contribution in [-0.2, 0) is 29.0 Å². The van der Waals surface area contributed by atoms with Crippen LogP contribution in [0.5, 0.6) is 0 Å². The fraction of sp³-hybridized carbons (Fsp3) is 0.423. The van der Waals surface area contributed by atoms with Crippen LogP contribution in [0.15, 0.2) is 34.9 Å². The number of hydrogen-bond acceptors (Lipinski definition) is 5. The number of fused-ring (bicyclic) bond motifs is 3. The van der Waals surface area contributed by atoms with Crippen molar-refractivity contribution >= 4 is 50.2 Å². The molecule has 0 spiro atoms. The highest BCUT2D eigenvalue weighted by atomic mass is 79.9. The average Bonchev–Trinajstić information content (AvgIpc) is 3.17. The van der Waals surface area contributed by atoms with Crippen LogP contribution in [0.25, 0.3) is 10.9 Å². The van der Waals surface area contributed by atoms with Gasteiger partial charge in [-0.1, -0.05) is 25.1 Å². The number of hydrogen-bond donors (Lipinski definition) is 1. The molecular weight excluding hydrogens is 510 g/mol. The number of pyridine rings is 1. The minimum Gasteiger partial charge on any atom is -0.325 e. The summed E-state index contributed by atoms with van der Waals surface area (Å²) < 4.78 is 2.29. The Morgan fingerprint density at radius 3 is 2.80 bits per heavy atom. The van der Waals surface area contributed by atoms with Crippen LogP contribution in [0.3, 0.4) is 0 Å². The molecule has 3 heterocycles. The van der Waals surface area contributed by atoms with Gasteiger partial charge in [0.1, 0.15) is 28.7 Å². The molecule has 1 aromatic carbocycles. The highest BCUT2D eigenvalue weighted by molar-refractivity contribution is 9.10. The Morgan fingerprint density at radius 1 is 1.20 bits per heavy atom. The third-order valence-electron chi connectivity index (χ3n) is 7.80. The zero-order chi connectivity index (χ0) is 24.5. The Morgan fingerprint density at radius 2 is 2.00 bits per heavy atom. The van der Waals surface area contributed by atoms with Crippen molar-refractivity contribution in [1.29, 1.82) is 0 Å². The number of anilines is 1. The molecule has 1 saturated carbocycles. The topological polar surface area (TPSA) is 97.2 Å². The molecule has 9 heteroatoms. The molecule has 1 saturated heterocycles. The maximum atomic E-state index is 13.6. The first-order valence-electron chi connectivity index (χ1n) is 12.0. The quantitative estimate of drug-likeness (QED) is 0.394. The number of aromatic nitrogens is 3. The van der Waals surface area contributed by atoms with E-state index >= 15 is 0 Å². The van der Waals surface area contributed by atoms with E-state index in [9.17, 15) is 14.4 Å². The van der Waals surface area contributed by atoms with E-state index in [0.29, 0.717) is 22.5 Å². The van der Waals surface area contributed by atoms with Crippen LogP contribution in [0, 0.1) is 5.41 Å². The molecule has 3 atom stereocenters. The number of nitrogens with one attached hydrogen (secondary N) is 1. The predicted molar refractivity (Wildman–Crippen MR) is 134 cm³/mol. The molecular formula is C26H26BrN5O3. The molecule has 1 N–H and O–H groups in total. The summed E-state index contributed by atoms with van der Waals surface area (Å²) in [5, 5.41) is 8.22. The Balaban J connectivity index is 1.27. The van der Waals surface area contributed by atoms with Crippen LogP contribution < -0.4 is 5.32 Å². The first-order valence-corrected chi connectivity index (χ1v) is 12.8. The molecule has 2 amide bonds. The molecule has 3 aromatic rings. The number of Topliss-reactive ketones (excluding diaryl/α,β-unsaturated/α-hetero) is 1. The van der Waals surface area contributed by atoms with E-state index in [1.165, 1.54) is 12.5 Å². The van der Waals surface area contributed by atoms with Crippen molar-refractivity contribution in [3.8, 4) is 0 Å². The van der Waals surface area contributed by atoms with E-state index in [2.05, 4.69) is 38.3 Å². The number of carbonyl (C=O) groups excluding carboxylic acids is 3. The number of carbonyl (C=O) groups is 3. The van der Waals surface area contributed by atoms with Gasteiger partial charge in [-0.3, -0.25) is 19.1 Å².